The molecule has 28 heavy (non-hydrogen) atoms. The molecule has 142 valence electrons. The van der Waals surface area contributed by atoms with Crippen molar-refractivity contribution in [3.8, 4) is 0 Å². The minimum atomic E-state index is -3.30. The van der Waals surface area contributed by atoms with Gasteiger partial charge in [0.05, 0.1) is 20.7 Å². The Kier molecular flexibility index (Phi) is 5.15. The number of aromatic nitrogens is 1. The Hall–Kier alpha value is -2.33. The van der Waals surface area contributed by atoms with Gasteiger partial charge in [0.2, 0.25) is 0 Å². The van der Waals surface area contributed by atoms with Gasteiger partial charge in [-0.15, -0.1) is 22.7 Å². The van der Waals surface area contributed by atoms with Crippen molar-refractivity contribution >= 4 is 76.8 Å². The van der Waals surface area contributed by atoms with Gasteiger partial charge in [-0.2, -0.15) is 0 Å². The summed E-state index contributed by atoms with van der Waals surface area (Å²) in [5.74, 6) is -0.252. The summed E-state index contributed by atoms with van der Waals surface area (Å²) in [6.45, 7) is 0. The van der Waals surface area contributed by atoms with Gasteiger partial charge >= 0.3 is 0 Å². The molecule has 0 unspecified atom stereocenters. The maximum absolute atomic E-state index is 12.9. The van der Waals surface area contributed by atoms with Crippen molar-refractivity contribution in [3.63, 3.8) is 0 Å². The molecule has 4 aromatic rings. The minimum Gasteiger partial charge on any atom is -0.298 e. The zero-order chi connectivity index (χ0) is 19.7. The van der Waals surface area contributed by atoms with Gasteiger partial charge in [0.25, 0.3) is 5.91 Å². The Labute approximate surface area is 173 Å². The quantitative estimate of drug-likeness (QED) is 0.438. The van der Waals surface area contributed by atoms with Gasteiger partial charge in [0.1, 0.15) is 0 Å². The number of thiophene rings is 2. The van der Waals surface area contributed by atoms with Gasteiger partial charge in [-0.3, -0.25) is 10.1 Å². The SMILES string of the molecule is CS(=O)(=O)c1ccc2nc(NC(=O)/C(=C/c3cccs3)c3cccs3)sc2c1. The molecule has 5 nitrogen and oxygen atoms in total. The van der Waals surface area contributed by atoms with Crippen LogP contribution in [0.15, 0.2) is 58.1 Å². The molecule has 1 aromatic carbocycles. The van der Waals surface area contributed by atoms with Crippen molar-refractivity contribution in [2.75, 3.05) is 11.6 Å². The molecular weight excluding hydrogens is 432 g/mol. The number of hydrogen-bond donors (Lipinski definition) is 1. The van der Waals surface area contributed by atoms with Crippen molar-refractivity contribution in [1.29, 1.82) is 0 Å². The number of sulfone groups is 1. The molecule has 1 N–H and O–H groups in total. The van der Waals surface area contributed by atoms with Gasteiger partial charge in [0, 0.05) is 16.0 Å². The zero-order valence-corrected chi connectivity index (χ0v) is 17.8. The normalized spacial score (nSPS) is 12.4. The number of carbonyl (C=O) groups is 1. The van der Waals surface area contributed by atoms with Crippen LogP contribution < -0.4 is 5.32 Å². The molecule has 0 atom stereocenters. The van der Waals surface area contributed by atoms with Crippen LogP contribution >= 0.6 is 34.0 Å². The van der Waals surface area contributed by atoms with E-state index in [0.29, 0.717) is 20.9 Å². The molecule has 3 aromatic heterocycles. The predicted molar refractivity (Wildman–Crippen MR) is 118 cm³/mol. The van der Waals surface area contributed by atoms with Crippen LogP contribution in [-0.4, -0.2) is 25.6 Å². The first-order chi connectivity index (χ1) is 13.4. The molecule has 9 heteroatoms. The van der Waals surface area contributed by atoms with Crippen LogP contribution in [0.4, 0.5) is 5.13 Å². The summed E-state index contributed by atoms with van der Waals surface area (Å²) >= 11 is 4.30. The van der Waals surface area contributed by atoms with E-state index in [9.17, 15) is 13.2 Å². The second-order valence-corrected chi connectivity index (χ2v) is 10.9. The number of thiazole rings is 1. The summed E-state index contributed by atoms with van der Waals surface area (Å²) in [6.07, 6.45) is 3.03. The molecule has 0 bridgehead atoms. The number of amides is 1. The Morgan fingerprint density at radius 3 is 2.57 bits per heavy atom. The fraction of sp³-hybridized carbons (Fsp3) is 0.0526. The topological polar surface area (TPSA) is 76.1 Å². The van der Waals surface area contributed by atoms with Crippen molar-refractivity contribution < 1.29 is 13.2 Å². The average Bonchev–Trinajstić information content (AvgIpc) is 3.38. The summed E-state index contributed by atoms with van der Waals surface area (Å²) in [5, 5.41) is 7.17. The monoisotopic (exact) mass is 446 g/mol. The molecule has 3 heterocycles. The lowest BCUT2D eigenvalue weighted by atomic mass is 10.2. The number of hydrogen-bond acceptors (Lipinski definition) is 7. The largest absolute Gasteiger partial charge is 0.298 e. The van der Waals surface area contributed by atoms with E-state index in [1.165, 1.54) is 35.0 Å². The van der Waals surface area contributed by atoms with E-state index in [2.05, 4.69) is 10.3 Å². The van der Waals surface area contributed by atoms with Crippen molar-refractivity contribution in [2.45, 2.75) is 4.90 Å². The van der Waals surface area contributed by atoms with Gasteiger partial charge < -0.3 is 0 Å². The average molecular weight is 447 g/mol. The second kappa shape index (κ2) is 7.59. The highest BCUT2D eigenvalue weighted by Gasteiger charge is 2.17. The number of benzene rings is 1. The summed E-state index contributed by atoms with van der Waals surface area (Å²) in [5.41, 5.74) is 1.21. The fourth-order valence-electron chi connectivity index (χ4n) is 2.55. The second-order valence-electron chi connectivity index (χ2n) is 5.93. The zero-order valence-electron chi connectivity index (χ0n) is 14.6. The summed E-state index contributed by atoms with van der Waals surface area (Å²) in [4.78, 5) is 19.4. The van der Waals surface area contributed by atoms with E-state index in [4.69, 9.17) is 0 Å². The maximum atomic E-state index is 12.9. The highest BCUT2D eigenvalue weighted by molar-refractivity contribution is 7.90. The van der Waals surface area contributed by atoms with E-state index in [0.717, 1.165) is 9.75 Å². The number of fused-ring (bicyclic) bond motifs is 1. The molecule has 0 radical (unpaired) electrons. The van der Waals surface area contributed by atoms with E-state index in [1.807, 2.05) is 41.1 Å². The van der Waals surface area contributed by atoms with Crippen LogP contribution in [0.3, 0.4) is 0 Å². The molecule has 0 aliphatic heterocycles. The van der Waals surface area contributed by atoms with Crippen LogP contribution in [0.1, 0.15) is 9.75 Å². The summed E-state index contributed by atoms with van der Waals surface area (Å²) in [6, 6.07) is 12.5. The lowest BCUT2D eigenvalue weighted by Gasteiger charge is -2.05. The highest BCUT2D eigenvalue weighted by Crippen LogP contribution is 2.30. The Morgan fingerprint density at radius 1 is 1.11 bits per heavy atom. The number of anilines is 1. The smallest absolute Gasteiger partial charge is 0.258 e. The predicted octanol–water partition coefficient (Wildman–Crippen LogP) is 5.00. The fourth-order valence-corrected chi connectivity index (χ4v) is 5.57. The first-order valence-electron chi connectivity index (χ1n) is 8.11. The van der Waals surface area contributed by atoms with Crippen LogP contribution in [0.2, 0.25) is 0 Å². The number of carbonyl (C=O) groups excluding carboxylic acids is 1. The number of nitrogens with one attached hydrogen (secondary N) is 1. The van der Waals surface area contributed by atoms with Gasteiger partial charge in [-0.25, -0.2) is 13.4 Å². The van der Waals surface area contributed by atoms with E-state index in [-0.39, 0.29) is 10.8 Å². The number of rotatable bonds is 5. The molecule has 0 aliphatic carbocycles. The van der Waals surface area contributed by atoms with Crippen LogP contribution in [0.5, 0.6) is 0 Å². The molecule has 0 aliphatic rings. The third-order valence-electron chi connectivity index (χ3n) is 3.87. The minimum absolute atomic E-state index is 0.235. The number of nitrogens with zero attached hydrogens (tertiary/aromatic N) is 1. The maximum Gasteiger partial charge on any atom is 0.258 e. The molecule has 0 fully saturated rings. The molecule has 0 spiro atoms. The first-order valence-corrected chi connectivity index (χ1v) is 12.6. The lowest BCUT2D eigenvalue weighted by Crippen LogP contribution is -2.12. The Morgan fingerprint density at radius 2 is 1.89 bits per heavy atom. The molecule has 4 rings (SSSR count). The Balaban J connectivity index is 1.66. The van der Waals surface area contributed by atoms with E-state index in [1.54, 1.807) is 23.5 Å². The summed E-state index contributed by atoms with van der Waals surface area (Å²) in [7, 11) is -3.30. The van der Waals surface area contributed by atoms with Gasteiger partial charge in [0.15, 0.2) is 15.0 Å². The molecule has 0 saturated carbocycles. The Bertz CT molecular complexity index is 1270. The van der Waals surface area contributed by atoms with E-state index >= 15 is 0 Å². The summed E-state index contributed by atoms with van der Waals surface area (Å²) < 4.78 is 24.2. The molecule has 0 saturated heterocycles. The van der Waals surface area contributed by atoms with Crippen molar-refractivity contribution in [1.82, 2.24) is 4.98 Å². The van der Waals surface area contributed by atoms with Crippen molar-refractivity contribution in [2.24, 2.45) is 0 Å². The van der Waals surface area contributed by atoms with Crippen LogP contribution in [0, 0.1) is 0 Å². The van der Waals surface area contributed by atoms with Crippen molar-refractivity contribution in [3.05, 3.63) is 63.0 Å². The first kappa shape index (κ1) is 19.0. The van der Waals surface area contributed by atoms with Gasteiger partial charge in [-0.05, 0) is 47.2 Å². The lowest BCUT2D eigenvalue weighted by molar-refractivity contribution is -0.111. The van der Waals surface area contributed by atoms with Crippen LogP contribution in [-0.2, 0) is 14.6 Å². The third kappa shape index (κ3) is 4.07. The van der Waals surface area contributed by atoms with Gasteiger partial charge in [-0.1, -0.05) is 23.5 Å². The molecule has 1 amide bonds. The third-order valence-corrected chi connectivity index (χ3v) is 7.64. The highest BCUT2D eigenvalue weighted by atomic mass is 32.2. The van der Waals surface area contributed by atoms with Crippen LogP contribution in [0.25, 0.3) is 21.9 Å². The standard InChI is InChI=1S/C19H14N2O3S4/c1-28(23,24)13-6-7-15-17(11-13)27-19(20-15)21-18(22)14(16-5-3-9-26-16)10-12-4-2-8-25-12/h2-11H,1H3,(H,20,21,22)/b14-10+. The molecular formula is C19H14N2O3S4. The van der Waals surface area contributed by atoms with E-state index < -0.39 is 9.84 Å².